The molecule has 0 aromatic heterocycles. The summed E-state index contributed by atoms with van der Waals surface area (Å²) in [4.78, 5) is 26.7. The van der Waals surface area contributed by atoms with Crippen LogP contribution < -0.4 is 4.72 Å². The second-order valence-electron chi connectivity index (χ2n) is 6.59. The average Bonchev–Trinajstić information content (AvgIpc) is 2.60. The minimum absolute atomic E-state index is 0.0142. The van der Waals surface area contributed by atoms with Crippen LogP contribution in [0.25, 0.3) is 0 Å². The third-order valence-corrected chi connectivity index (χ3v) is 6.08. The van der Waals surface area contributed by atoms with Gasteiger partial charge in [-0.3, -0.25) is 9.59 Å². The van der Waals surface area contributed by atoms with E-state index in [-0.39, 0.29) is 10.8 Å². The molecule has 0 spiro atoms. The maximum Gasteiger partial charge on any atom is 0.264 e. The zero-order valence-electron chi connectivity index (χ0n) is 14.6. The summed E-state index contributed by atoms with van der Waals surface area (Å²) in [6, 6.07) is 14.8. The van der Waals surface area contributed by atoms with E-state index in [2.05, 4.69) is 4.72 Å². The normalized spacial score (nSPS) is 19.5. The summed E-state index contributed by atoms with van der Waals surface area (Å²) in [6.07, 6.45) is 0.404. The zero-order valence-corrected chi connectivity index (χ0v) is 15.4. The molecule has 0 radical (unpaired) electrons. The molecule has 2 amide bonds. The number of carbonyl (C=O) groups excluding carboxylic acids is 2. The predicted octanol–water partition coefficient (Wildman–Crippen LogP) is 2.10. The lowest BCUT2D eigenvalue weighted by Gasteiger charge is -2.48. The van der Waals surface area contributed by atoms with Crippen molar-refractivity contribution < 1.29 is 18.0 Å². The van der Waals surface area contributed by atoms with Crippen molar-refractivity contribution in [2.45, 2.75) is 30.7 Å². The average molecular weight is 372 g/mol. The minimum atomic E-state index is -3.99. The van der Waals surface area contributed by atoms with Gasteiger partial charge in [-0.2, -0.15) is 0 Å². The van der Waals surface area contributed by atoms with E-state index in [4.69, 9.17) is 0 Å². The molecule has 1 aliphatic rings. The Morgan fingerprint density at radius 3 is 2.19 bits per heavy atom. The maximum absolute atomic E-state index is 12.7. The highest BCUT2D eigenvalue weighted by atomic mass is 32.2. The second-order valence-corrected chi connectivity index (χ2v) is 8.28. The van der Waals surface area contributed by atoms with Crippen molar-refractivity contribution in [1.82, 2.24) is 9.62 Å². The quantitative estimate of drug-likeness (QED) is 0.891. The third kappa shape index (κ3) is 3.22. The Hall–Kier alpha value is -2.67. The highest BCUT2D eigenvalue weighted by molar-refractivity contribution is 7.90. The Morgan fingerprint density at radius 1 is 1.04 bits per heavy atom. The number of benzene rings is 2. The fourth-order valence-electron chi connectivity index (χ4n) is 2.87. The third-order valence-electron chi connectivity index (χ3n) is 4.73. The van der Waals surface area contributed by atoms with Gasteiger partial charge in [0.15, 0.2) is 0 Å². The molecule has 1 saturated heterocycles. The van der Waals surface area contributed by atoms with Crippen molar-refractivity contribution in [3.63, 3.8) is 0 Å². The topological polar surface area (TPSA) is 83.6 Å². The molecule has 2 aromatic carbocycles. The summed E-state index contributed by atoms with van der Waals surface area (Å²) in [5, 5.41) is 0. The molecule has 1 N–H and O–H groups in total. The first-order valence-corrected chi connectivity index (χ1v) is 9.73. The van der Waals surface area contributed by atoms with Gasteiger partial charge in [-0.25, -0.2) is 13.1 Å². The molecule has 0 bridgehead atoms. The van der Waals surface area contributed by atoms with Gasteiger partial charge in [-0.1, -0.05) is 35.9 Å². The lowest BCUT2D eigenvalue weighted by Crippen LogP contribution is -2.67. The Labute approximate surface area is 152 Å². The summed E-state index contributed by atoms with van der Waals surface area (Å²) >= 11 is 0. The Morgan fingerprint density at radius 2 is 1.65 bits per heavy atom. The fraction of sp³-hybridized carbons (Fsp3) is 0.263. The van der Waals surface area contributed by atoms with Crippen LogP contribution in [0.5, 0.6) is 0 Å². The molecule has 136 valence electrons. The molecular formula is C19H20N2O4S. The highest BCUT2D eigenvalue weighted by Gasteiger charge is 2.50. The van der Waals surface area contributed by atoms with Gasteiger partial charge in [0.2, 0.25) is 0 Å². The van der Waals surface area contributed by atoms with Gasteiger partial charge in [-0.05, 0) is 44.5 Å². The van der Waals surface area contributed by atoms with E-state index in [0.717, 1.165) is 5.56 Å². The zero-order chi connectivity index (χ0) is 18.9. The lowest BCUT2D eigenvalue weighted by atomic mass is 9.85. The van der Waals surface area contributed by atoms with Crippen molar-refractivity contribution in [2.75, 3.05) is 6.54 Å². The predicted molar refractivity (Wildman–Crippen MR) is 97.0 cm³/mol. The molecule has 0 saturated carbocycles. The van der Waals surface area contributed by atoms with Crippen LogP contribution >= 0.6 is 0 Å². The van der Waals surface area contributed by atoms with E-state index in [0.29, 0.717) is 18.5 Å². The first-order valence-electron chi connectivity index (χ1n) is 8.25. The van der Waals surface area contributed by atoms with Crippen LogP contribution in [0.3, 0.4) is 0 Å². The maximum atomic E-state index is 12.7. The van der Waals surface area contributed by atoms with Crippen LogP contribution in [0.15, 0.2) is 59.5 Å². The van der Waals surface area contributed by atoms with Crippen molar-refractivity contribution in [3.05, 3.63) is 65.7 Å². The van der Waals surface area contributed by atoms with Crippen LogP contribution in [0, 0.1) is 6.92 Å². The number of hydrogen-bond acceptors (Lipinski definition) is 4. The van der Waals surface area contributed by atoms with Gasteiger partial charge in [0.05, 0.1) is 4.90 Å². The van der Waals surface area contributed by atoms with E-state index < -0.39 is 21.5 Å². The van der Waals surface area contributed by atoms with Crippen molar-refractivity contribution >= 4 is 21.8 Å². The molecule has 7 heteroatoms. The SMILES string of the molecule is Cc1ccc(S(=O)(=O)NC(=O)C2(C)CCN2C(=O)c2ccccc2)cc1. The number of nitrogens with one attached hydrogen (secondary N) is 1. The molecule has 26 heavy (non-hydrogen) atoms. The first-order chi connectivity index (χ1) is 12.2. The molecule has 6 nitrogen and oxygen atoms in total. The number of rotatable bonds is 4. The van der Waals surface area contributed by atoms with E-state index in [1.807, 2.05) is 6.92 Å². The van der Waals surface area contributed by atoms with E-state index in [1.165, 1.54) is 17.0 Å². The lowest BCUT2D eigenvalue weighted by molar-refractivity contribution is -0.135. The molecule has 0 aliphatic carbocycles. The summed E-state index contributed by atoms with van der Waals surface area (Å²) in [6.45, 7) is 3.83. The van der Waals surface area contributed by atoms with Crippen LogP contribution in [0.1, 0.15) is 29.3 Å². The summed E-state index contributed by atoms with van der Waals surface area (Å²) in [5.74, 6) is -0.990. The first kappa shape index (κ1) is 18.1. The van der Waals surface area contributed by atoms with Gasteiger partial charge in [0.25, 0.3) is 21.8 Å². The summed E-state index contributed by atoms with van der Waals surface area (Å²) in [7, 11) is -3.99. The molecular weight excluding hydrogens is 352 g/mol. The molecule has 1 atom stereocenters. The Bertz CT molecular complexity index is 939. The van der Waals surface area contributed by atoms with Gasteiger partial charge in [-0.15, -0.1) is 0 Å². The van der Waals surface area contributed by atoms with Gasteiger partial charge in [0.1, 0.15) is 5.54 Å². The Balaban J connectivity index is 1.78. The minimum Gasteiger partial charge on any atom is -0.324 e. The number of likely N-dealkylation sites (tertiary alicyclic amines) is 1. The van der Waals surface area contributed by atoms with Crippen LogP contribution in [0.2, 0.25) is 0 Å². The van der Waals surface area contributed by atoms with Crippen LogP contribution in [0.4, 0.5) is 0 Å². The van der Waals surface area contributed by atoms with Crippen molar-refractivity contribution in [1.29, 1.82) is 0 Å². The number of aryl methyl sites for hydroxylation is 1. The number of hydrogen-bond donors (Lipinski definition) is 1. The van der Waals surface area contributed by atoms with E-state index in [1.54, 1.807) is 49.4 Å². The van der Waals surface area contributed by atoms with Gasteiger partial charge in [0, 0.05) is 12.1 Å². The fourth-order valence-corrected chi connectivity index (χ4v) is 3.94. The second kappa shape index (κ2) is 6.57. The smallest absolute Gasteiger partial charge is 0.264 e. The van der Waals surface area contributed by atoms with Crippen molar-refractivity contribution in [2.24, 2.45) is 0 Å². The highest BCUT2D eigenvalue weighted by Crippen LogP contribution is 2.32. The van der Waals surface area contributed by atoms with E-state index in [9.17, 15) is 18.0 Å². The number of amides is 2. The summed E-state index contributed by atoms with van der Waals surface area (Å²) < 4.78 is 27.0. The van der Waals surface area contributed by atoms with Crippen LogP contribution in [-0.2, 0) is 14.8 Å². The molecule has 3 rings (SSSR count). The molecule has 1 fully saturated rings. The molecule has 1 unspecified atom stereocenters. The molecule has 1 heterocycles. The van der Waals surface area contributed by atoms with Gasteiger partial charge < -0.3 is 4.90 Å². The largest absolute Gasteiger partial charge is 0.324 e. The monoisotopic (exact) mass is 372 g/mol. The Kier molecular flexibility index (Phi) is 4.58. The summed E-state index contributed by atoms with van der Waals surface area (Å²) in [5.41, 5.74) is 0.193. The van der Waals surface area contributed by atoms with Crippen molar-refractivity contribution in [3.8, 4) is 0 Å². The standard InChI is InChI=1S/C19H20N2O4S/c1-14-8-10-16(11-9-14)26(24,25)20-18(23)19(2)12-13-21(19)17(22)15-6-4-3-5-7-15/h3-11H,12-13H2,1-2H3,(H,20,23). The van der Waals surface area contributed by atoms with E-state index >= 15 is 0 Å². The number of carbonyl (C=O) groups is 2. The number of sulfonamides is 1. The molecule has 2 aromatic rings. The molecule has 1 aliphatic heterocycles. The van der Waals surface area contributed by atoms with Gasteiger partial charge >= 0.3 is 0 Å². The number of nitrogens with zero attached hydrogens (tertiary/aromatic N) is 1. The van der Waals surface area contributed by atoms with Crippen LogP contribution in [-0.4, -0.2) is 37.2 Å².